The van der Waals surface area contributed by atoms with Crippen LogP contribution in [-0.2, 0) is 4.84 Å². The van der Waals surface area contributed by atoms with E-state index in [0.29, 0.717) is 5.56 Å². The molecule has 0 unspecified atom stereocenters. The lowest BCUT2D eigenvalue weighted by Crippen LogP contribution is -2.09. The number of carbonyl (C=O) groups excluding carboxylic acids is 1. The molecule has 0 heterocycles. The van der Waals surface area contributed by atoms with Gasteiger partial charge in [-0.15, -0.1) is 0 Å². The lowest BCUT2D eigenvalue weighted by molar-refractivity contribution is 0.0503. The van der Waals surface area contributed by atoms with E-state index in [1.54, 1.807) is 18.2 Å². The van der Waals surface area contributed by atoms with E-state index in [1.807, 2.05) is 6.07 Å². The van der Waals surface area contributed by atoms with Gasteiger partial charge in [-0.25, -0.2) is 4.79 Å². The lowest BCUT2D eigenvalue weighted by atomic mass is 10.2. The summed E-state index contributed by atoms with van der Waals surface area (Å²) < 4.78 is 0.977. The van der Waals surface area contributed by atoms with Crippen molar-refractivity contribution in [2.45, 2.75) is 0 Å². The van der Waals surface area contributed by atoms with Crippen LogP contribution in [0.25, 0.3) is 0 Å². The van der Waals surface area contributed by atoms with Crippen molar-refractivity contribution in [1.82, 2.24) is 0 Å². The van der Waals surface area contributed by atoms with Gasteiger partial charge in [0.25, 0.3) is 0 Å². The van der Waals surface area contributed by atoms with Crippen LogP contribution in [0.3, 0.4) is 0 Å². The number of halogens is 1. The molecule has 1 aromatic rings. The maximum atomic E-state index is 10.8. The van der Waals surface area contributed by atoms with Crippen molar-refractivity contribution in [2.24, 2.45) is 5.90 Å². The fourth-order valence-corrected chi connectivity index (χ4v) is 1.23. The Labute approximate surface area is 77.6 Å². The summed E-state index contributed by atoms with van der Waals surface area (Å²) in [5.41, 5.74) is 0.472. The Kier molecular flexibility index (Phi) is 2.84. The van der Waals surface area contributed by atoms with E-state index in [9.17, 15) is 4.79 Å². The molecule has 0 spiro atoms. The molecule has 0 amide bonds. The standard InChI is InChI=1S/C7H6INO2/c8-6-3-1-2-5(4-6)7(10)11-9/h1-4H,9H2. The fourth-order valence-electron chi connectivity index (χ4n) is 0.683. The van der Waals surface area contributed by atoms with Gasteiger partial charge >= 0.3 is 5.97 Å². The van der Waals surface area contributed by atoms with Crippen LogP contribution >= 0.6 is 22.6 Å². The molecule has 58 valence electrons. The Morgan fingerprint density at radius 2 is 2.27 bits per heavy atom. The first-order valence-electron chi connectivity index (χ1n) is 2.90. The number of hydrogen-bond donors (Lipinski definition) is 1. The number of rotatable bonds is 1. The van der Waals surface area contributed by atoms with Gasteiger partial charge in [0.05, 0.1) is 5.56 Å². The third-order valence-corrected chi connectivity index (χ3v) is 1.84. The summed E-state index contributed by atoms with van der Waals surface area (Å²) in [6.07, 6.45) is 0. The molecule has 0 atom stereocenters. The van der Waals surface area contributed by atoms with Crippen LogP contribution < -0.4 is 5.90 Å². The van der Waals surface area contributed by atoms with E-state index in [-0.39, 0.29) is 0 Å². The summed E-state index contributed by atoms with van der Waals surface area (Å²) in [5.74, 6) is 4.19. The first kappa shape index (κ1) is 8.48. The molecule has 0 bridgehead atoms. The predicted octanol–water partition coefficient (Wildman–Crippen LogP) is 1.32. The largest absolute Gasteiger partial charge is 0.370 e. The number of benzene rings is 1. The summed E-state index contributed by atoms with van der Waals surface area (Å²) in [6, 6.07) is 7.01. The molecule has 0 aliphatic heterocycles. The Hall–Kier alpha value is -0.620. The van der Waals surface area contributed by atoms with Crippen molar-refractivity contribution < 1.29 is 9.63 Å². The van der Waals surface area contributed by atoms with E-state index >= 15 is 0 Å². The second-order valence-electron chi connectivity index (χ2n) is 1.92. The van der Waals surface area contributed by atoms with Crippen molar-refractivity contribution in [2.75, 3.05) is 0 Å². The molecule has 2 N–H and O–H groups in total. The Morgan fingerprint density at radius 1 is 1.55 bits per heavy atom. The molecular formula is C7H6INO2. The summed E-state index contributed by atoms with van der Waals surface area (Å²) in [6.45, 7) is 0. The highest BCUT2D eigenvalue weighted by atomic mass is 127. The van der Waals surface area contributed by atoms with Gasteiger partial charge in [0.15, 0.2) is 0 Å². The highest BCUT2D eigenvalue weighted by molar-refractivity contribution is 14.1. The number of nitrogens with two attached hydrogens (primary N) is 1. The molecule has 11 heavy (non-hydrogen) atoms. The zero-order valence-electron chi connectivity index (χ0n) is 5.58. The Morgan fingerprint density at radius 3 is 2.82 bits per heavy atom. The molecule has 3 nitrogen and oxygen atoms in total. The summed E-state index contributed by atoms with van der Waals surface area (Å²) in [5, 5.41) is 0. The van der Waals surface area contributed by atoms with E-state index in [0.717, 1.165) is 3.57 Å². The molecule has 0 saturated heterocycles. The van der Waals surface area contributed by atoms with Gasteiger partial charge in [-0.2, -0.15) is 5.90 Å². The minimum absolute atomic E-state index is 0.472. The van der Waals surface area contributed by atoms with Gasteiger partial charge in [0, 0.05) is 3.57 Å². The second kappa shape index (κ2) is 3.68. The van der Waals surface area contributed by atoms with Crippen LogP contribution in [0.5, 0.6) is 0 Å². The zero-order valence-corrected chi connectivity index (χ0v) is 7.74. The minimum atomic E-state index is -0.511. The molecule has 0 saturated carbocycles. The van der Waals surface area contributed by atoms with Crippen LogP contribution in [0.1, 0.15) is 10.4 Å². The average molecular weight is 263 g/mol. The van der Waals surface area contributed by atoms with Crippen molar-refractivity contribution >= 4 is 28.6 Å². The molecular weight excluding hydrogens is 257 g/mol. The highest BCUT2D eigenvalue weighted by Crippen LogP contribution is 2.07. The van der Waals surface area contributed by atoms with Gasteiger partial charge in [-0.1, -0.05) is 6.07 Å². The zero-order chi connectivity index (χ0) is 8.27. The molecule has 1 rings (SSSR count). The third kappa shape index (κ3) is 2.16. The smallest absolute Gasteiger partial charge is 0.356 e. The van der Waals surface area contributed by atoms with Crippen molar-refractivity contribution in [3.05, 3.63) is 33.4 Å². The Bertz CT molecular complexity index is 275. The lowest BCUT2D eigenvalue weighted by Gasteiger charge is -1.96. The van der Waals surface area contributed by atoms with Crippen LogP contribution in [0.2, 0.25) is 0 Å². The normalized spacial score (nSPS) is 9.27. The fraction of sp³-hybridized carbons (Fsp3) is 0. The van der Waals surface area contributed by atoms with Crippen LogP contribution in [-0.4, -0.2) is 5.97 Å². The molecule has 0 aliphatic carbocycles. The topological polar surface area (TPSA) is 52.3 Å². The van der Waals surface area contributed by atoms with Crippen LogP contribution in [0, 0.1) is 3.57 Å². The molecule has 0 radical (unpaired) electrons. The monoisotopic (exact) mass is 263 g/mol. The average Bonchev–Trinajstić information content (AvgIpc) is 2.03. The number of carbonyl (C=O) groups is 1. The summed E-state index contributed by atoms with van der Waals surface area (Å²) in [7, 11) is 0. The molecule has 0 fully saturated rings. The van der Waals surface area contributed by atoms with Crippen LogP contribution in [0.15, 0.2) is 24.3 Å². The molecule has 0 aromatic heterocycles. The first-order chi connectivity index (χ1) is 5.24. The Balaban J connectivity index is 2.96. The van der Waals surface area contributed by atoms with Crippen molar-refractivity contribution in [3.63, 3.8) is 0 Å². The van der Waals surface area contributed by atoms with Gasteiger partial charge in [-0.3, -0.25) is 0 Å². The minimum Gasteiger partial charge on any atom is -0.370 e. The SMILES string of the molecule is NOC(=O)c1cccc(I)c1. The van der Waals surface area contributed by atoms with Gasteiger partial charge in [-0.05, 0) is 40.8 Å². The van der Waals surface area contributed by atoms with Gasteiger partial charge in [0.2, 0.25) is 0 Å². The molecule has 4 heteroatoms. The van der Waals surface area contributed by atoms with E-state index < -0.39 is 5.97 Å². The maximum absolute atomic E-state index is 10.8. The van der Waals surface area contributed by atoms with Gasteiger partial charge < -0.3 is 4.84 Å². The highest BCUT2D eigenvalue weighted by Gasteiger charge is 2.04. The summed E-state index contributed by atoms with van der Waals surface area (Å²) >= 11 is 2.11. The van der Waals surface area contributed by atoms with E-state index in [1.165, 1.54) is 0 Å². The predicted molar refractivity (Wildman–Crippen MR) is 48.8 cm³/mol. The maximum Gasteiger partial charge on any atom is 0.356 e. The van der Waals surface area contributed by atoms with E-state index in [4.69, 9.17) is 5.90 Å². The summed E-state index contributed by atoms with van der Waals surface area (Å²) in [4.78, 5) is 14.9. The van der Waals surface area contributed by atoms with Crippen molar-refractivity contribution in [3.8, 4) is 0 Å². The second-order valence-corrected chi connectivity index (χ2v) is 3.16. The van der Waals surface area contributed by atoms with Crippen LogP contribution in [0.4, 0.5) is 0 Å². The first-order valence-corrected chi connectivity index (χ1v) is 3.98. The third-order valence-electron chi connectivity index (χ3n) is 1.17. The quantitative estimate of drug-likeness (QED) is 0.614. The number of hydrogen-bond acceptors (Lipinski definition) is 3. The van der Waals surface area contributed by atoms with E-state index in [2.05, 4.69) is 27.4 Å². The van der Waals surface area contributed by atoms with Crippen molar-refractivity contribution in [1.29, 1.82) is 0 Å². The molecule has 1 aromatic carbocycles. The van der Waals surface area contributed by atoms with Gasteiger partial charge in [0.1, 0.15) is 0 Å². The molecule has 0 aliphatic rings.